The van der Waals surface area contributed by atoms with E-state index >= 15 is 0 Å². The molecule has 0 spiro atoms. The Labute approximate surface area is 92.3 Å². The van der Waals surface area contributed by atoms with Gasteiger partial charge in [-0.3, -0.25) is 0 Å². The molecule has 2 N–H and O–H groups in total. The molecule has 15 heavy (non-hydrogen) atoms. The van der Waals surface area contributed by atoms with Crippen LogP contribution in [0.4, 0.5) is 0 Å². The number of fused-ring (bicyclic) bond motifs is 1. The van der Waals surface area contributed by atoms with E-state index in [0.29, 0.717) is 5.92 Å². The molecule has 0 amide bonds. The quantitative estimate of drug-likeness (QED) is 0.860. The highest BCUT2D eigenvalue weighted by atomic mass is 32.1. The van der Waals surface area contributed by atoms with Crippen molar-refractivity contribution in [3.8, 4) is 0 Å². The summed E-state index contributed by atoms with van der Waals surface area (Å²) in [6.07, 6.45) is 1.06. The topological polar surface area (TPSA) is 69.1 Å². The fraction of sp³-hybridized carbons (Fsp3) is 0.667. The normalized spacial score (nSPS) is 15.7. The van der Waals surface area contributed by atoms with Crippen LogP contribution in [0.3, 0.4) is 0 Å². The van der Waals surface area contributed by atoms with Gasteiger partial charge in [0.2, 0.25) is 4.96 Å². The summed E-state index contributed by atoms with van der Waals surface area (Å²) >= 11 is 1.52. The van der Waals surface area contributed by atoms with E-state index in [2.05, 4.69) is 29.1 Å². The van der Waals surface area contributed by atoms with E-state index in [9.17, 15) is 0 Å². The Bertz CT molecular complexity index is 460. The van der Waals surface area contributed by atoms with Crippen molar-refractivity contribution in [1.29, 1.82) is 0 Å². The van der Waals surface area contributed by atoms with Crippen molar-refractivity contribution in [3.05, 3.63) is 10.8 Å². The molecule has 0 saturated heterocycles. The number of hydrogen-bond acceptors (Lipinski definition) is 5. The van der Waals surface area contributed by atoms with E-state index in [1.54, 1.807) is 4.52 Å². The van der Waals surface area contributed by atoms with Crippen LogP contribution in [-0.2, 0) is 0 Å². The number of hydrogen-bond donors (Lipinski definition) is 1. The molecule has 0 fully saturated rings. The zero-order valence-electron chi connectivity index (χ0n) is 9.14. The molecule has 2 rings (SSSR count). The van der Waals surface area contributed by atoms with Crippen molar-refractivity contribution < 1.29 is 0 Å². The summed E-state index contributed by atoms with van der Waals surface area (Å²) in [5.74, 6) is 1.25. The lowest BCUT2D eigenvalue weighted by molar-refractivity contribution is 0.451. The van der Waals surface area contributed by atoms with Gasteiger partial charge in [0.05, 0.1) is 6.04 Å². The van der Waals surface area contributed by atoms with Gasteiger partial charge >= 0.3 is 0 Å². The minimum absolute atomic E-state index is 0.00102. The average molecular weight is 225 g/mol. The molecule has 2 atom stereocenters. The van der Waals surface area contributed by atoms with E-state index in [1.165, 1.54) is 11.3 Å². The number of aryl methyl sites for hydroxylation is 1. The van der Waals surface area contributed by atoms with Crippen LogP contribution in [0.15, 0.2) is 0 Å². The Morgan fingerprint density at radius 2 is 2.20 bits per heavy atom. The van der Waals surface area contributed by atoms with Crippen LogP contribution in [0.5, 0.6) is 0 Å². The molecular weight excluding hydrogens is 210 g/mol. The molecule has 0 aromatic carbocycles. The van der Waals surface area contributed by atoms with E-state index < -0.39 is 0 Å². The lowest BCUT2D eigenvalue weighted by atomic mass is 10.0. The molecule has 0 saturated carbocycles. The Balaban J connectivity index is 2.36. The SMILES string of the molecule is CCC(C)C(N)c1nn2c(C)nnc2s1. The average Bonchev–Trinajstić information content (AvgIpc) is 2.79. The summed E-state index contributed by atoms with van der Waals surface area (Å²) in [5.41, 5.74) is 6.11. The van der Waals surface area contributed by atoms with Gasteiger partial charge in [0, 0.05) is 0 Å². The Morgan fingerprint density at radius 3 is 2.80 bits per heavy atom. The number of rotatable bonds is 3. The minimum Gasteiger partial charge on any atom is -0.322 e. The molecular formula is C9H15N5S. The Kier molecular flexibility index (Phi) is 2.70. The van der Waals surface area contributed by atoms with Gasteiger partial charge in [-0.15, -0.1) is 10.2 Å². The first-order valence-corrected chi connectivity index (χ1v) is 5.89. The second kappa shape index (κ2) is 3.86. The van der Waals surface area contributed by atoms with Crippen molar-refractivity contribution >= 4 is 16.3 Å². The van der Waals surface area contributed by atoms with Gasteiger partial charge < -0.3 is 5.73 Å². The fourth-order valence-electron chi connectivity index (χ4n) is 1.36. The van der Waals surface area contributed by atoms with Crippen molar-refractivity contribution in [2.24, 2.45) is 11.7 Å². The molecule has 0 aliphatic heterocycles. The first-order chi connectivity index (χ1) is 7.13. The van der Waals surface area contributed by atoms with Gasteiger partial charge in [0.15, 0.2) is 5.82 Å². The highest BCUT2D eigenvalue weighted by Gasteiger charge is 2.19. The van der Waals surface area contributed by atoms with Crippen LogP contribution >= 0.6 is 11.3 Å². The van der Waals surface area contributed by atoms with Crippen LogP contribution < -0.4 is 5.73 Å². The summed E-state index contributed by atoms with van der Waals surface area (Å²) in [5, 5.41) is 13.3. The van der Waals surface area contributed by atoms with Gasteiger partial charge in [-0.25, -0.2) is 0 Å². The number of aromatic nitrogens is 4. The molecule has 2 aromatic rings. The molecule has 0 radical (unpaired) electrons. The predicted molar refractivity (Wildman–Crippen MR) is 59.8 cm³/mol. The van der Waals surface area contributed by atoms with Crippen LogP contribution in [-0.4, -0.2) is 19.8 Å². The maximum absolute atomic E-state index is 6.11. The van der Waals surface area contributed by atoms with Gasteiger partial charge in [0.25, 0.3) is 0 Å². The predicted octanol–water partition coefficient (Wildman–Crippen LogP) is 1.54. The molecule has 2 heterocycles. The van der Waals surface area contributed by atoms with Crippen LogP contribution in [0.1, 0.15) is 37.1 Å². The Hall–Kier alpha value is -1.01. The van der Waals surface area contributed by atoms with Crippen molar-refractivity contribution in [1.82, 2.24) is 19.8 Å². The lowest BCUT2D eigenvalue weighted by Gasteiger charge is -2.14. The smallest absolute Gasteiger partial charge is 0.234 e. The second-order valence-electron chi connectivity index (χ2n) is 3.79. The van der Waals surface area contributed by atoms with Crippen molar-refractivity contribution in [2.75, 3.05) is 0 Å². The first kappa shape index (κ1) is 10.5. The third-order valence-corrected chi connectivity index (χ3v) is 3.70. The van der Waals surface area contributed by atoms with E-state index in [4.69, 9.17) is 5.73 Å². The van der Waals surface area contributed by atoms with Gasteiger partial charge in [-0.2, -0.15) is 9.61 Å². The van der Waals surface area contributed by atoms with Gasteiger partial charge in [0.1, 0.15) is 5.01 Å². The molecule has 6 heteroatoms. The van der Waals surface area contributed by atoms with Gasteiger partial charge in [-0.1, -0.05) is 31.6 Å². The Morgan fingerprint density at radius 1 is 1.47 bits per heavy atom. The highest BCUT2D eigenvalue weighted by molar-refractivity contribution is 7.16. The maximum Gasteiger partial charge on any atom is 0.234 e. The number of nitrogens with zero attached hydrogens (tertiary/aromatic N) is 4. The molecule has 2 unspecified atom stereocenters. The lowest BCUT2D eigenvalue weighted by Crippen LogP contribution is -2.18. The summed E-state index contributed by atoms with van der Waals surface area (Å²) in [4.78, 5) is 0.821. The largest absolute Gasteiger partial charge is 0.322 e. The molecule has 2 aromatic heterocycles. The molecule has 82 valence electrons. The van der Waals surface area contributed by atoms with E-state index in [-0.39, 0.29) is 6.04 Å². The van der Waals surface area contributed by atoms with Crippen LogP contribution in [0.2, 0.25) is 0 Å². The molecule has 0 aliphatic rings. The maximum atomic E-state index is 6.11. The van der Waals surface area contributed by atoms with Crippen LogP contribution in [0, 0.1) is 12.8 Å². The van der Waals surface area contributed by atoms with E-state index in [0.717, 1.165) is 22.2 Å². The summed E-state index contributed by atoms with van der Waals surface area (Å²) in [7, 11) is 0. The third-order valence-electron chi connectivity index (χ3n) is 2.70. The van der Waals surface area contributed by atoms with E-state index in [1.807, 2.05) is 6.92 Å². The zero-order valence-corrected chi connectivity index (χ0v) is 9.95. The molecule has 5 nitrogen and oxygen atoms in total. The van der Waals surface area contributed by atoms with Crippen LogP contribution in [0.25, 0.3) is 4.96 Å². The van der Waals surface area contributed by atoms with Crippen molar-refractivity contribution in [2.45, 2.75) is 33.2 Å². The first-order valence-electron chi connectivity index (χ1n) is 5.07. The molecule has 0 aliphatic carbocycles. The standard InChI is InChI=1S/C9H15N5S/c1-4-5(2)7(10)8-13-14-6(3)11-12-9(14)15-8/h5,7H,4,10H2,1-3H3. The zero-order chi connectivity index (χ0) is 11.0. The summed E-state index contributed by atoms with van der Waals surface area (Å²) in [6.45, 7) is 6.16. The summed E-state index contributed by atoms with van der Waals surface area (Å²) < 4.78 is 1.75. The van der Waals surface area contributed by atoms with Crippen molar-refractivity contribution in [3.63, 3.8) is 0 Å². The fourth-order valence-corrected chi connectivity index (χ4v) is 2.38. The highest BCUT2D eigenvalue weighted by Crippen LogP contribution is 2.25. The van der Waals surface area contributed by atoms with Gasteiger partial charge in [-0.05, 0) is 12.8 Å². The number of nitrogens with two attached hydrogens (primary N) is 1. The second-order valence-corrected chi connectivity index (χ2v) is 4.78. The molecule has 0 bridgehead atoms. The third kappa shape index (κ3) is 1.74. The summed E-state index contributed by atoms with van der Waals surface area (Å²) in [6, 6.07) is 0.00102. The monoisotopic (exact) mass is 225 g/mol. The minimum atomic E-state index is 0.00102.